The van der Waals surface area contributed by atoms with Crippen molar-refractivity contribution in [1.82, 2.24) is 16.0 Å². The number of nitrogens with one attached hydrogen (secondary N) is 3. The van der Waals surface area contributed by atoms with Gasteiger partial charge < -0.3 is 36.2 Å². The molecule has 2 aliphatic heterocycles. The highest BCUT2D eigenvalue weighted by Gasteiger charge is 2.44. The average molecular weight is 1420 g/mol. The number of para-hydroxylation sites is 2. The Morgan fingerprint density at radius 1 is 0.580 bits per heavy atom. The predicted octanol–water partition coefficient (Wildman–Crippen LogP) is 12.2. The first-order valence-electron chi connectivity index (χ1n) is 35.0. The number of carboxylic acids is 3. The topological polar surface area (TPSA) is 331 Å². The monoisotopic (exact) mass is 1410 g/mol. The van der Waals surface area contributed by atoms with E-state index in [2.05, 4.69) is 102 Å². The zero-order valence-corrected chi connectivity index (χ0v) is 59.7. The first-order chi connectivity index (χ1) is 47.5. The van der Waals surface area contributed by atoms with Gasteiger partial charge in [-0.1, -0.05) is 136 Å². The van der Waals surface area contributed by atoms with Crippen LogP contribution in [0.4, 0.5) is 16.2 Å². The highest BCUT2D eigenvalue weighted by Crippen LogP contribution is 2.48. The number of amides is 3. The smallest absolute Gasteiger partial charge is 0.326 e. The number of rotatable bonds is 42. The van der Waals surface area contributed by atoms with Crippen molar-refractivity contribution in [2.24, 2.45) is 11.8 Å². The van der Waals surface area contributed by atoms with Crippen molar-refractivity contribution in [2.75, 3.05) is 42.6 Å². The maximum atomic E-state index is 13.5. The summed E-state index contributed by atoms with van der Waals surface area (Å²) in [6, 6.07) is 31.4. The number of carboxylic acid groups (broad SMARTS) is 3. The normalized spacial score (nSPS) is 16.7. The lowest BCUT2D eigenvalue weighted by Crippen LogP contribution is -2.46. The number of nitrogens with zero attached hydrogens (tertiary/aromatic N) is 2. The third-order valence-corrected chi connectivity index (χ3v) is 20.8. The molecule has 0 saturated carbocycles. The molecule has 0 fully saturated rings. The van der Waals surface area contributed by atoms with E-state index in [1.54, 1.807) is 0 Å². The lowest BCUT2D eigenvalue weighted by Gasteiger charge is -2.28. The largest absolute Gasteiger partial charge is 0.481 e. The van der Waals surface area contributed by atoms with Gasteiger partial charge in [0.05, 0.1) is 22.8 Å². The zero-order chi connectivity index (χ0) is 72.6. The molecule has 21 nitrogen and oxygen atoms in total. The number of hydrogen-bond acceptors (Lipinski definition) is 12. The van der Waals surface area contributed by atoms with Crippen molar-refractivity contribution in [3.05, 3.63) is 178 Å². The fraction of sp³-hybridized carbons (Fsp3) is 0.481. The molecule has 0 spiro atoms. The van der Waals surface area contributed by atoms with Crippen molar-refractivity contribution >= 4 is 78.7 Å². The van der Waals surface area contributed by atoms with Gasteiger partial charge in [0.25, 0.3) is 20.2 Å². The third kappa shape index (κ3) is 24.2. The van der Waals surface area contributed by atoms with Crippen LogP contribution in [-0.4, -0.2) is 137 Å². The van der Waals surface area contributed by atoms with Gasteiger partial charge in [-0.2, -0.15) is 21.4 Å². The van der Waals surface area contributed by atoms with Gasteiger partial charge in [0.1, 0.15) is 24.2 Å². The molecule has 4 aromatic rings. The summed E-state index contributed by atoms with van der Waals surface area (Å²) in [4.78, 5) is 90.0. The Kier molecular flexibility index (Phi) is 29.5. The number of carbonyl (C=O) groups is 7. The first-order valence-corrected chi connectivity index (χ1v) is 38.2. The Balaban J connectivity index is 0.976. The van der Waals surface area contributed by atoms with E-state index < -0.39 is 72.9 Å². The number of aliphatic carboxylic acids is 3. The summed E-state index contributed by atoms with van der Waals surface area (Å²) in [6.07, 6.45) is 17.1. The summed E-state index contributed by atoms with van der Waals surface area (Å²) in [6.45, 7) is 10.2. The summed E-state index contributed by atoms with van der Waals surface area (Å²) in [5.41, 5.74) is 11.9. The van der Waals surface area contributed by atoms with Crippen molar-refractivity contribution in [3.8, 4) is 0 Å². The number of urea groups is 1. The first kappa shape index (κ1) is 79.0. The van der Waals surface area contributed by atoms with Gasteiger partial charge in [0, 0.05) is 98.6 Å². The van der Waals surface area contributed by atoms with E-state index in [0.29, 0.717) is 64.6 Å². The quantitative estimate of drug-likeness (QED) is 0.0116. The van der Waals surface area contributed by atoms with E-state index in [1.165, 1.54) is 0 Å². The SMILES string of the molecule is CC1(C)C(=CC=C2CCCC(C=CC3=[N+](CCCCS(=O)(=O)O)c4ccccc4C3(C)C)=C2Cc2ccc(C[C@H](CC(=O)CCCCCCCNC(=O)[C@@H](CC(=O)CC[C@H](NC(=O)NCCCC(=O)O)C(=O)O)Cc3ccccc3)C(=O)O)cc2)N(CCCCS(=O)(=O)O)c2ccccc21. The molecular formula is C77H100N5O16S2+. The van der Waals surface area contributed by atoms with Crippen LogP contribution >= 0.6 is 0 Å². The molecule has 100 heavy (non-hydrogen) atoms. The lowest BCUT2D eigenvalue weighted by atomic mass is 9.80. The maximum Gasteiger partial charge on any atom is 0.326 e. The van der Waals surface area contributed by atoms with E-state index in [4.69, 9.17) is 5.11 Å². The molecule has 0 aromatic heterocycles. The van der Waals surface area contributed by atoms with Crippen molar-refractivity contribution in [2.45, 2.75) is 186 Å². The Morgan fingerprint density at radius 2 is 1.18 bits per heavy atom. The van der Waals surface area contributed by atoms with Crippen molar-refractivity contribution in [1.29, 1.82) is 0 Å². The summed E-state index contributed by atoms with van der Waals surface area (Å²) in [5, 5.41) is 36.6. The number of carbonyl (C=O) groups excluding carboxylic acids is 4. The molecule has 0 saturated heterocycles. The minimum absolute atomic E-state index is 0.0221. The number of Topliss-reactive ketones (excluding diaryl/α,β-unsaturated/α-hetero) is 2. The summed E-state index contributed by atoms with van der Waals surface area (Å²) < 4.78 is 68.0. The van der Waals surface area contributed by atoms with Gasteiger partial charge in [0.15, 0.2) is 5.71 Å². The third-order valence-electron chi connectivity index (χ3n) is 19.2. The van der Waals surface area contributed by atoms with Crippen LogP contribution in [0.15, 0.2) is 150 Å². The van der Waals surface area contributed by atoms with Gasteiger partial charge in [-0.3, -0.25) is 33.1 Å². The zero-order valence-electron chi connectivity index (χ0n) is 58.1. The van der Waals surface area contributed by atoms with E-state index in [-0.39, 0.29) is 93.3 Å². The minimum atomic E-state index is -4.11. The van der Waals surface area contributed by atoms with E-state index in [0.717, 1.165) is 106 Å². The van der Waals surface area contributed by atoms with Crippen LogP contribution in [0, 0.1) is 11.8 Å². The molecule has 23 heteroatoms. The van der Waals surface area contributed by atoms with E-state index >= 15 is 0 Å². The average Bonchev–Trinajstić information content (AvgIpc) is 1.60. The van der Waals surface area contributed by atoms with Gasteiger partial charge in [-0.05, 0) is 148 Å². The van der Waals surface area contributed by atoms with Crippen molar-refractivity contribution < 1.29 is 79.4 Å². The van der Waals surface area contributed by atoms with Crippen LogP contribution in [-0.2, 0) is 79.1 Å². The number of hydrogen-bond donors (Lipinski definition) is 8. The fourth-order valence-electron chi connectivity index (χ4n) is 13.8. The van der Waals surface area contributed by atoms with Gasteiger partial charge >= 0.3 is 23.9 Å². The number of benzene rings is 4. The Labute approximate surface area is 588 Å². The molecular weight excluding hydrogens is 1310 g/mol. The summed E-state index contributed by atoms with van der Waals surface area (Å²) in [7, 11) is -8.23. The second-order valence-electron chi connectivity index (χ2n) is 27.6. The number of unbranched alkanes of at least 4 members (excludes halogenated alkanes) is 6. The van der Waals surface area contributed by atoms with Crippen LogP contribution in [0.1, 0.15) is 178 Å². The van der Waals surface area contributed by atoms with Crippen LogP contribution in [0.2, 0.25) is 0 Å². The molecule has 0 radical (unpaired) electrons. The second kappa shape index (κ2) is 37.3. The van der Waals surface area contributed by atoms with Gasteiger partial charge in [0.2, 0.25) is 11.6 Å². The number of ketones is 2. The number of fused-ring (bicyclic) bond motifs is 2. The molecule has 4 aromatic carbocycles. The molecule has 1 aliphatic carbocycles. The second-order valence-corrected chi connectivity index (χ2v) is 30.8. The van der Waals surface area contributed by atoms with Gasteiger partial charge in [-0.15, -0.1) is 0 Å². The van der Waals surface area contributed by atoms with Crippen LogP contribution in [0.3, 0.4) is 0 Å². The molecule has 3 aliphatic rings. The number of anilines is 1. The van der Waals surface area contributed by atoms with Gasteiger partial charge in [-0.25, -0.2) is 9.59 Å². The van der Waals surface area contributed by atoms with Crippen molar-refractivity contribution in [3.63, 3.8) is 0 Å². The summed E-state index contributed by atoms with van der Waals surface area (Å²) >= 11 is 0. The van der Waals surface area contributed by atoms with Crippen LogP contribution in [0.5, 0.6) is 0 Å². The van der Waals surface area contributed by atoms with Crippen LogP contribution < -0.4 is 20.9 Å². The molecule has 8 N–H and O–H groups in total. The standard InChI is InChI=1S/C77H99N5O16S2/c1-76(2)64-28-12-14-30-67(64)81(45-17-19-47-99(93,94)95)69(76)41-37-57-25-21-26-58(38-42-70-77(3,4)65-29-13-15-31-68(65)82(70)46-18-20-48-100(96,97)98)63(57)51-56-35-33-55(34-36-56)50-60(73(88)89)53-61(83)27-11-6-5-7-16-43-78-72(87)59(49-54-23-9-8-10-24-54)52-62(84)39-40-66(74(90)91)80-75(92)79-44-22-32-71(85)86/h8-10,12-15,23-24,28-31,33-38,41-42,59-60,66H,5-7,11,16-22,25-27,32,39-40,43-53H2,1-4H3,(H7-,78,79,80,85,86,87,88,89,90,91,92,93,94,95,96,97,98)/p+1/t59-,60-,66+/m1/s1. The van der Waals surface area contributed by atoms with Crippen LogP contribution in [0.25, 0.3) is 0 Å². The molecule has 3 atom stereocenters. The molecule has 0 bridgehead atoms. The Morgan fingerprint density at radius 3 is 1.87 bits per heavy atom. The Bertz CT molecular complexity index is 3950. The highest BCUT2D eigenvalue weighted by molar-refractivity contribution is 7.86. The van der Waals surface area contributed by atoms with E-state index in [9.17, 15) is 69.7 Å². The summed E-state index contributed by atoms with van der Waals surface area (Å²) in [5.74, 6) is -6.51. The molecule has 540 valence electrons. The molecule has 3 amide bonds. The fourth-order valence-corrected chi connectivity index (χ4v) is 14.9. The molecule has 7 rings (SSSR count). The Hall–Kier alpha value is -8.38. The predicted molar refractivity (Wildman–Crippen MR) is 386 cm³/mol. The molecule has 2 heterocycles. The number of allylic oxidation sites excluding steroid dienone is 8. The molecule has 0 unspecified atom stereocenters. The minimum Gasteiger partial charge on any atom is -0.481 e. The van der Waals surface area contributed by atoms with E-state index in [1.807, 2.05) is 78.9 Å². The highest BCUT2D eigenvalue weighted by atomic mass is 32.2. The maximum absolute atomic E-state index is 13.5. The lowest BCUT2D eigenvalue weighted by molar-refractivity contribution is -0.438.